The fraction of sp³-hybridized carbons (Fsp3) is 0.786. The zero-order valence-corrected chi connectivity index (χ0v) is 13.5. The fourth-order valence-corrected chi connectivity index (χ4v) is 2.62. The summed E-state index contributed by atoms with van der Waals surface area (Å²) in [7, 11) is 1.81. The van der Waals surface area contributed by atoms with Gasteiger partial charge in [0.2, 0.25) is 0 Å². The largest absolute Gasteiger partial charge is 0.355 e. The molecule has 7 heteroatoms. The summed E-state index contributed by atoms with van der Waals surface area (Å²) in [5, 5.41) is 10.9. The smallest absolute Gasteiger partial charge is 0.191 e. The van der Waals surface area contributed by atoms with E-state index in [1.165, 1.54) is 0 Å². The van der Waals surface area contributed by atoms with Crippen molar-refractivity contribution >= 4 is 5.96 Å². The van der Waals surface area contributed by atoms with Gasteiger partial charge in [0.1, 0.15) is 12.7 Å². The summed E-state index contributed by atoms with van der Waals surface area (Å²) in [6.45, 7) is 10.6. The first-order valence-electron chi connectivity index (χ1n) is 7.63. The summed E-state index contributed by atoms with van der Waals surface area (Å²) < 4.78 is 1.80. The van der Waals surface area contributed by atoms with Crippen LogP contribution in [0.15, 0.2) is 17.6 Å². The fourth-order valence-electron chi connectivity index (χ4n) is 2.62. The van der Waals surface area contributed by atoms with Crippen LogP contribution in [0.3, 0.4) is 0 Å². The average molecular weight is 293 g/mol. The Bertz CT molecular complexity index is 440. The summed E-state index contributed by atoms with van der Waals surface area (Å²) >= 11 is 0. The van der Waals surface area contributed by atoms with E-state index in [0.717, 1.165) is 32.1 Å². The molecule has 1 aliphatic heterocycles. The van der Waals surface area contributed by atoms with Gasteiger partial charge in [-0.2, -0.15) is 5.10 Å². The third kappa shape index (κ3) is 4.42. The molecule has 0 saturated carbocycles. The quantitative estimate of drug-likeness (QED) is 0.598. The van der Waals surface area contributed by atoms with Gasteiger partial charge in [0.25, 0.3) is 0 Å². The van der Waals surface area contributed by atoms with Gasteiger partial charge >= 0.3 is 0 Å². The molecule has 1 aliphatic rings. The molecule has 0 aliphatic carbocycles. The zero-order valence-electron chi connectivity index (χ0n) is 13.5. The molecule has 0 amide bonds. The van der Waals surface area contributed by atoms with Crippen molar-refractivity contribution in [1.82, 2.24) is 30.3 Å². The topological polar surface area (TPSA) is 70.4 Å². The van der Waals surface area contributed by atoms with Crippen LogP contribution >= 0.6 is 0 Å². The normalized spacial score (nSPS) is 23.8. The Balaban J connectivity index is 1.77. The van der Waals surface area contributed by atoms with Gasteiger partial charge in [0, 0.05) is 38.8 Å². The Labute approximate surface area is 126 Å². The Kier molecular flexibility index (Phi) is 5.55. The molecular weight excluding hydrogens is 266 g/mol. The van der Waals surface area contributed by atoms with E-state index in [9.17, 15) is 0 Å². The maximum atomic E-state index is 4.31. The predicted octanol–water partition coefficient (Wildman–Crippen LogP) is 0.172. The third-order valence-electron chi connectivity index (χ3n) is 4.02. The van der Waals surface area contributed by atoms with Gasteiger partial charge in [-0.3, -0.25) is 14.6 Å². The summed E-state index contributed by atoms with van der Waals surface area (Å²) in [6.07, 6.45) is 3.27. The van der Waals surface area contributed by atoms with Crippen LogP contribution in [0.4, 0.5) is 0 Å². The van der Waals surface area contributed by atoms with Crippen molar-refractivity contribution in [3.8, 4) is 0 Å². The highest BCUT2D eigenvalue weighted by molar-refractivity contribution is 5.80. The van der Waals surface area contributed by atoms with Crippen molar-refractivity contribution in [2.45, 2.75) is 39.4 Å². The molecule has 0 aromatic carbocycles. The molecule has 2 atom stereocenters. The highest BCUT2D eigenvalue weighted by atomic mass is 15.3. The Morgan fingerprint density at radius 2 is 2.24 bits per heavy atom. The molecule has 2 unspecified atom stereocenters. The van der Waals surface area contributed by atoms with E-state index in [1.54, 1.807) is 17.3 Å². The SMILES string of the molecule is CN=C(NCCn1cncn1)NC1CN(C(C)C)CC1C. The van der Waals surface area contributed by atoms with E-state index in [1.807, 2.05) is 7.05 Å². The standard InChI is InChI=1S/C14H27N7/c1-11(2)20-7-12(3)13(8-20)19-14(15-4)17-5-6-21-10-16-9-18-21/h9-13H,5-8H2,1-4H3,(H2,15,17,19). The summed E-state index contributed by atoms with van der Waals surface area (Å²) in [6, 6.07) is 1.05. The number of hydrogen-bond donors (Lipinski definition) is 2. The number of likely N-dealkylation sites (tertiary alicyclic amines) is 1. The lowest BCUT2D eigenvalue weighted by Gasteiger charge is -2.21. The molecule has 118 valence electrons. The van der Waals surface area contributed by atoms with Crippen LogP contribution in [-0.4, -0.2) is 64.4 Å². The third-order valence-corrected chi connectivity index (χ3v) is 4.02. The van der Waals surface area contributed by atoms with E-state index >= 15 is 0 Å². The molecule has 0 spiro atoms. The van der Waals surface area contributed by atoms with Gasteiger partial charge in [-0.25, -0.2) is 4.98 Å². The Hall–Kier alpha value is -1.63. The van der Waals surface area contributed by atoms with Crippen molar-refractivity contribution in [3.05, 3.63) is 12.7 Å². The van der Waals surface area contributed by atoms with E-state index in [-0.39, 0.29) is 0 Å². The van der Waals surface area contributed by atoms with Gasteiger partial charge < -0.3 is 10.6 Å². The van der Waals surface area contributed by atoms with Gasteiger partial charge in [-0.1, -0.05) is 6.92 Å². The van der Waals surface area contributed by atoms with E-state index < -0.39 is 0 Å². The second-order valence-corrected chi connectivity index (χ2v) is 5.93. The molecule has 0 radical (unpaired) electrons. The highest BCUT2D eigenvalue weighted by Gasteiger charge is 2.31. The number of hydrogen-bond acceptors (Lipinski definition) is 4. The lowest BCUT2D eigenvalue weighted by atomic mass is 10.1. The summed E-state index contributed by atoms with van der Waals surface area (Å²) in [5.74, 6) is 1.49. The van der Waals surface area contributed by atoms with E-state index in [0.29, 0.717) is 18.0 Å². The number of nitrogens with zero attached hydrogens (tertiary/aromatic N) is 5. The van der Waals surface area contributed by atoms with Crippen LogP contribution in [0.25, 0.3) is 0 Å². The maximum Gasteiger partial charge on any atom is 0.191 e. The number of guanidine groups is 1. The number of aromatic nitrogens is 3. The minimum Gasteiger partial charge on any atom is -0.355 e. The van der Waals surface area contributed by atoms with Crippen molar-refractivity contribution < 1.29 is 0 Å². The van der Waals surface area contributed by atoms with Crippen LogP contribution in [-0.2, 0) is 6.54 Å². The van der Waals surface area contributed by atoms with Crippen molar-refractivity contribution in [3.63, 3.8) is 0 Å². The predicted molar refractivity (Wildman–Crippen MR) is 84.2 cm³/mol. The molecule has 7 nitrogen and oxygen atoms in total. The van der Waals surface area contributed by atoms with Crippen LogP contribution in [0.5, 0.6) is 0 Å². The molecule has 2 N–H and O–H groups in total. The van der Waals surface area contributed by atoms with Crippen LogP contribution < -0.4 is 10.6 Å². The monoisotopic (exact) mass is 293 g/mol. The lowest BCUT2D eigenvalue weighted by molar-refractivity contribution is 0.265. The van der Waals surface area contributed by atoms with Gasteiger partial charge in [0.15, 0.2) is 5.96 Å². The molecule has 1 saturated heterocycles. The van der Waals surface area contributed by atoms with Crippen LogP contribution in [0, 0.1) is 5.92 Å². The molecule has 0 bridgehead atoms. The molecule has 1 aromatic rings. The van der Waals surface area contributed by atoms with Gasteiger partial charge in [0.05, 0.1) is 6.54 Å². The first-order valence-corrected chi connectivity index (χ1v) is 7.63. The number of nitrogens with one attached hydrogen (secondary N) is 2. The van der Waals surface area contributed by atoms with E-state index in [4.69, 9.17) is 0 Å². The van der Waals surface area contributed by atoms with Gasteiger partial charge in [-0.05, 0) is 19.8 Å². The minimum absolute atomic E-state index is 0.449. The number of aliphatic imine (C=N–C) groups is 1. The van der Waals surface area contributed by atoms with Crippen molar-refractivity contribution in [2.75, 3.05) is 26.7 Å². The maximum absolute atomic E-state index is 4.31. The Morgan fingerprint density at radius 1 is 1.43 bits per heavy atom. The molecular formula is C14H27N7. The first kappa shape index (κ1) is 15.8. The second kappa shape index (κ2) is 7.40. The second-order valence-electron chi connectivity index (χ2n) is 5.93. The summed E-state index contributed by atoms with van der Waals surface area (Å²) in [5.41, 5.74) is 0. The summed E-state index contributed by atoms with van der Waals surface area (Å²) in [4.78, 5) is 10.7. The van der Waals surface area contributed by atoms with Crippen molar-refractivity contribution in [1.29, 1.82) is 0 Å². The molecule has 2 rings (SSSR count). The Morgan fingerprint density at radius 3 is 2.81 bits per heavy atom. The molecule has 21 heavy (non-hydrogen) atoms. The van der Waals surface area contributed by atoms with Crippen LogP contribution in [0.2, 0.25) is 0 Å². The van der Waals surface area contributed by atoms with Gasteiger partial charge in [-0.15, -0.1) is 0 Å². The number of rotatable bonds is 5. The van der Waals surface area contributed by atoms with E-state index in [2.05, 4.69) is 51.4 Å². The van der Waals surface area contributed by atoms with Crippen LogP contribution in [0.1, 0.15) is 20.8 Å². The molecule has 2 heterocycles. The molecule has 1 fully saturated rings. The minimum atomic E-state index is 0.449. The average Bonchev–Trinajstić information content (AvgIpc) is 3.08. The molecule has 1 aromatic heterocycles. The van der Waals surface area contributed by atoms with Crippen molar-refractivity contribution in [2.24, 2.45) is 10.9 Å². The highest BCUT2D eigenvalue weighted by Crippen LogP contribution is 2.18. The zero-order chi connectivity index (χ0) is 15.2. The first-order chi connectivity index (χ1) is 10.1. The lowest BCUT2D eigenvalue weighted by Crippen LogP contribution is -2.47.